The highest BCUT2D eigenvalue weighted by molar-refractivity contribution is 4.71. The first kappa shape index (κ1) is 10.4. The van der Waals surface area contributed by atoms with Crippen LogP contribution in [0.2, 0.25) is 0 Å². The van der Waals surface area contributed by atoms with Crippen LogP contribution in [0.1, 0.15) is 19.3 Å². The summed E-state index contributed by atoms with van der Waals surface area (Å²) < 4.78 is 0. The maximum atomic E-state index is 3.40. The minimum Gasteiger partial charge on any atom is -0.314 e. The van der Waals surface area contributed by atoms with Gasteiger partial charge in [-0.3, -0.25) is 4.90 Å². The van der Waals surface area contributed by atoms with Gasteiger partial charge in [0.15, 0.2) is 0 Å². The summed E-state index contributed by atoms with van der Waals surface area (Å²) in [5.41, 5.74) is 0. The third kappa shape index (κ3) is 3.23. The first-order valence-corrected chi connectivity index (χ1v) is 6.10. The van der Waals surface area contributed by atoms with Crippen molar-refractivity contribution < 1.29 is 0 Å². The Morgan fingerprint density at radius 3 is 1.93 bits per heavy atom. The minimum atomic E-state index is 1.18. The van der Waals surface area contributed by atoms with Gasteiger partial charge in [-0.2, -0.15) is 0 Å². The fourth-order valence-corrected chi connectivity index (χ4v) is 2.40. The molecule has 0 atom stereocenters. The van der Waals surface area contributed by atoms with Crippen molar-refractivity contribution in [3.8, 4) is 0 Å². The van der Waals surface area contributed by atoms with E-state index in [0.717, 1.165) is 0 Å². The number of rotatable bonds is 3. The SMILES string of the molecule is C1CCN(CCN2CCNCC2)CC1. The van der Waals surface area contributed by atoms with Crippen molar-refractivity contribution in [3.05, 3.63) is 0 Å². The minimum absolute atomic E-state index is 1.18. The van der Waals surface area contributed by atoms with Crippen molar-refractivity contribution in [2.45, 2.75) is 19.3 Å². The number of nitrogens with one attached hydrogen (secondary N) is 1. The second-order valence-corrected chi connectivity index (χ2v) is 4.49. The van der Waals surface area contributed by atoms with Gasteiger partial charge in [-0.05, 0) is 25.9 Å². The zero-order valence-electron chi connectivity index (χ0n) is 9.17. The first-order valence-electron chi connectivity index (χ1n) is 6.10. The Bertz CT molecular complexity index is 131. The second-order valence-electron chi connectivity index (χ2n) is 4.49. The van der Waals surface area contributed by atoms with E-state index < -0.39 is 0 Å². The summed E-state index contributed by atoms with van der Waals surface area (Å²) in [6.07, 6.45) is 4.28. The number of nitrogens with zero attached hydrogens (tertiary/aromatic N) is 2. The monoisotopic (exact) mass is 197 g/mol. The van der Waals surface area contributed by atoms with E-state index in [1.807, 2.05) is 0 Å². The van der Waals surface area contributed by atoms with Crippen molar-refractivity contribution in [1.29, 1.82) is 0 Å². The van der Waals surface area contributed by atoms with Crippen LogP contribution in [0.15, 0.2) is 0 Å². The molecular weight excluding hydrogens is 174 g/mol. The molecule has 82 valence electrons. The smallest absolute Gasteiger partial charge is 0.0110 e. The van der Waals surface area contributed by atoms with E-state index in [0.29, 0.717) is 0 Å². The van der Waals surface area contributed by atoms with Gasteiger partial charge in [-0.25, -0.2) is 0 Å². The number of piperidine rings is 1. The van der Waals surface area contributed by atoms with Crippen LogP contribution in [0.25, 0.3) is 0 Å². The molecule has 3 heteroatoms. The Hall–Kier alpha value is -0.120. The lowest BCUT2D eigenvalue weighted by Crippen LogP contribution is -2.46. The average Bonchev–Trinajstić information content (AvgIpc) is 2.29. The maximum absolute atomic E-state index is 3.40. The third-order valence-electron chi connectivity index (χ3n) is 3.39. The number of hydrogen-bond acceptors (Lipinski definition) is 3. The molecule has 0 unspecified atom stereocenters. The molecule has 3 nitrogen and oxygen atoms in total. The van der Waals surface area contributed by atoms with Crippen LogP contribution in [0.4, 0.5) is 0 Å². The van der Waals surface area contributed by atoms with Gasteiger partial charge >= 0.3 is 0 Å². The standard InChI is InChI=1S/C11H23N3/c1-2-6-13(7-3-1)10-11-14-8-4-12-5-9-14/h12H,1-11H2. The average molecular weight is 197 g/mol. The molecule has 0 spiro atoms. The van der Waals surface area contributed by atoms with Gasteiger partial charge in [0.1, 0.15) is 0 Å². The quantitative estimate of drug-likeness (QED) is 0.705. The Balaban J connectivity index is 1.60. The molecule has 0 aliphatic carbocycles. The summed E-state index contributed by atoms with van der Waals surface area (Å²) >= 11 is 0. The molecule has 0 aromatic rings. The highest BCUT2D eigenvalue weighted by Gasteiger charge is 2.13. The first-order chi connectivity index (χ1) is 6.95. The maximum Gasteiger partial charge on any atom is 0.0110 e. The topological polar surface area (TPSA) is 18.5 Å². The van der Waals surface area contributed by atoms with E-state index in [1.165, 1.54) is 71.6 Å². The fourth-order valence-electron chi connectivity index (χ4n) is 2.40. The number of piperazine rings is 1. The van der Waals surface area contributed by atoms with Crippen LogP contribution >= 0.6 is 0 Å². The summed E-state index contributed by atoms with van der Waals surface area (Å²) in [4.78, 5) is 5.22. The van der Waals surface area contributed by atoms with Crippen LogP contribution in [-0.4, -0.2) is 62.2 Å². The van der Waals surface area contributed by atoms with Crippen molar-refractivity contribution in [3.63, 3.8) is 0 Å². The van der Waals surface area contributed by atoms with Crippen LogP contribution in [0.3, 0.4) is 0 Å². The summed E-state index contributed by atoms with van der Waals surface area (Å²) in [6, 6.07) is 0. The van der Waals surface area contributed by atoms with E-state index >= 15 is 0 Å². The molecular formula is C11H23N3. The van der Waals surface area contributed by atoms with Crippen LogP contribution in [0.5, 0.6) is 0 Å². The van der Waals surface area contributed by atoms with Gasteiger partial charge in [0.2, 0.25) is 0 Å². The van der Waals surface area contributed by atoms with E-state index in [9.17, 15) is 0 Å². The van der Waals surface area contributed by atoms with Crippen molar-refractivity contribution in [2.24, 2.45) is 0 Å². The third-order valence-corrected chi connectivity index (χ3v) is 3.39. The predicted octanol–water partition coefficient (Wildman–Crippen LogP) is 0.378. The van der Waals surface area contributed by atoms with Crippen molar-refractivity contribution in [1.82, 2.24) is 15.1 Å². The zero-order chi connectivity index (χ0) is 9.64. The molecule has 0 aromatic carbocycles. The van der Waals surface area contributed by atoms with Gasteiger partial charge in [0, 0.05) is 39.3 Å². The molecule has 0 saturated carbocycles. The molecule has 2 fully saturated rings. The molecule has 0 bridgehead atoms. The Morgan fingerprint density at radius 2 is 1.29 bits per heavy atom. The van der Waals surface area contributed by atoms with E-state index in [2.05, 4.69) is 15.1 Å². The largest absolute Gasteiger partial charge is 0.314 e. The van der Waals surface area contributed by atoms with Crippen molar-refractivity contribution in [2.75, 3.05) is 52.4 Å². The lowest BCUT2D eigenvalue weighted by molar-refractivity contribution is 0.171. The van der Waals surface area contributed by atoms with E-state index in [-0.39, 0.29) is 0 Å². The number of likely N-dealkylation sites (tertiary alicyclic amines) is 1. The molecule has 1 N–H and O–H groups in total. The molecule has 14 heavy (non-hydrogen) atoms. The van der Waals surface area contributed by atoms with Crippen molar-refractivity contribution >= 4 is 0 Å². The van der Waals surface area contributed by atoms with Gasteiger partial charge in [0.05, 0.1) is 0 Å². The van der Waals surface area contributed by atoms with Gasteiger partial charge in [-0.1, -0.05) is 6.42 Å². The summed E-state index contributed by atoms with van der Waals surface area (Å²) in [5, 5.41) is 3.40. The van der Waals surface area contributed by atoms with Crippen LogP contribution < -0.4 is 5.32 Å². The molecule has 2 aliphatic rings. The highest BCUT2D eigenvalue weighted by Crippen LogP contribution is 2.08. The molecule has 2 rings (SSSR count). The Morgan fingerprint density at radius 1 is 0.714 bits per heavy atom. The number of hydrogen-bond donors (Lipinski definition) is 1. The van der Waals surface area contributed by atoms with Gasteiger partial charge in [-0.15, -0.1) is 0 Å². The van der Waals surface area contributed by atoms with Crippen LogP contribution in [-0.2, 0) is 0 Å². The molecule has 0 aromatic heterocycles. The summed E-state index contributed by atoms with van der Waals surface area (Å²) in [7, 11) is 0. The molecule has 0 amide bonds. The lowest BCUT2D eigenvalue weighted by Gasteiger charge is -2.32. The van der Waals surface area contributed by atoms with Crippen LogP contribution in [0, 0.1) is 0 Å². The van der Waals surface area contributed by atoms with E-state index in [1.54, 1.807) is 0 Å². The van der Waals surface area contributed by atoms with Gasteiger partial charge in [0.25, 0.3) is 0 Å². The molecule has 2 heterocycles. The molecule has 2 saturated heterocycles. The normalized spacial score (nSPS) is 26.6. The predicted molar refractivity (Wildman–Crippen MR) is 59.6 cm³/mol. The second kappa shape index (κ2) is 5.69. The molecule has 0 radical (unpaired) electrons. The molecule has 2 aliphatic heterocycles. The Kier molecular flexibility index (Phi) is 4.22. The van der Waals surface area contributed by atoms with Gasteiger partial charge < -0.3 is 10.2 Å². The Labute approximate surface area is 87.4 Å². The summed E-state index contributed by atoms with van der Waals surface area (Å²) in [6.45, 7) is 10.1. The fraction of sp³-hybridized carbons (Fsp3) is 1.00. The summed E-state index contributed by atoms with van der Waals surface area (Å²) in [5.74, 6) is 0. The highest BCUT2D eigenvalue weighted by atomic mass is 15.2. The zero-order valence-corrected chi connectivity index (χ0v) is 9.17. The lowest BCUT2D eigenvalue weighted by atomic mass is 10.1. The van der Waals surface area contributed by atoms with E-state index in [4.69, 9.17) is 0 Å².